The number of rotatable bonds is 16. The Kier molecular flexibility index (Phi) is 15.3. The Morgan fingerprint density at radius 3 is 1.90 bits per heavy atom. The zero-order valence-corrected chi connectivity index (χ0v) is 17.5. The minimum Gasteiger partial charge on any atom is -0.355 e. The van der Waals surface area contributed by atoms with Crippen LogP contribution in [0.4, 0.5) is 0 Å². The molecule has 0 aromatic heterocycles. The van der Waals surface area contributed by atoms with Gasteiger partial charge in [-0.3, -0.25) is 33.7 Å². The number of imide groups is 1. The number of hydrogen-bond acceptors (Lipinski definition) is 7. The number of hydrogen-bond donors (Lipinski definition) is 4. The largest absolute Gasteiger partial charge is 0.355 e. The first kappa shape index (κ1) is 27.4. The highest BCUT2D eigenvalue weighted by Gasteiger charge is 2.11. The monoisotopic (exact) mass is 439 g/mol. The fourth-order valence-corrected chi connectivity index (χ4v) is 2.15. The van der Waals surface area contributed by atoms with Crippen LogP contribution >= 0.6 is 0 Å². The van der Waals surface area contributed by atoms with Crippen LogP contribution in [-0.2, 0) is 33.6 Å². The first-order chi connectivity index (χ1) is 14.8. The number of nitrogens with one attached hydrogen (secondary N) is 4. The van der Waals surface area contributed by atoms with Crippen LogP contribution in [0.15, 0.2) is 12.2 Å². The van der Waals surface area contributed by atoms with E-state index in [9.17, 15) is 33.6 Å². The van der Waals surface area contributed by atoms with Gasteiger partial charge in [0.05, 0.1) is 19.6 Å². The Balaban J connectivity index is 3.84. The molecule has 0 fully saturated rings. The predicted molar refractivity (Wildman–Crippen MR) is 109 cm³/mol. The Morgan fingerprint density at radius 1 is 0.774 bits per heavy atom. The van der Waals surface area contributed by atoms with E-state index in [-0.39, 0.29) is 57.9 Å². The molecule has 0 atom stereocenters. The third kappa shape index (κ3) is 15.0. The van der Waals surface area contributed by atoms with Crippen molar-refractivity contribution < 1.29 is 33.6 Å². The third-order valence-electron chi connectivity index (χ3n) is 3.70. The average Bonchev–Trinajstić information content (AvgIpc) is 2.75. The lowest BCUT2D eigenvalue weighted by molar-refractivity contribution is -0.135. The van der Waals surface area contributed by atoms with Crippen molar-refractivity contribution in [3.63, 3.8) is 0 Å². The Hall–Kier alpha value is -3.57. The van der Waals surface area contributed by atoms with E-state index in [2.05, 4.69) is 21.3 Å². The van der Waals surface area contributed by atoms with Gasteiger partial charge in [0.1, 0.15) is 6.29 Å². The topological polar surface area (TPSA) is 171 Å². The van der Waals surface area contributed by atoms with Gasteiger partial charge in [0.15, 0.2) is 0 Å². The van der Waals surface area contributed by atoms with Gasteiger partial charge in [-0.05, 0) is 25.8 Å². The fraction of sp³-hybridized carbons (Fsp3) is 0.526. The summed E-state index contributed by atoms with van der Waals surface area (Å²) >= 11 is 0. The SMILES string of the molecule is C/C=C\C(=O)N(C=O)CCCC(=O)NCC(=O)NCCCC(=O)NCC(=O)NCC=O. The molecule has 12 heteroatoms. The quantitative estimate of drug-likeness (QED) is 0.120. The molecule has 0 unspecified atom stereocenters. The summed E-state index contributed by atoms with van der Waals surface area (Å²) in [5, 5.41) is 9.62. The Morgan fingerprint density at radius 2 is 1.35 bits per heavy atom. The van der Waals surface area contributed by atoms with Gasteiger partial charge in [-0.1, -0.05) is 6.08 Å². The molecule has 0 aromatic carbocycles. The van der Waals surface area contributed by atoms with E-state index in [1.807, 2.05) is 0 Å². The van der Waals surface area contributed by atoms with Crippen LogP contribution in [0.2, 0.25) is 0 Å². The van der Waals surface area contributed by atoms with E-state index in [4.69, 9.17) is 0 Å². The van der Waals surface area contributed by atoms with Gasteiger partial charge in [0, 0.05) is 25.9 Å². The number of nitrogens with zero attached hydrogens (tertiary/aromatic N) is 1. The lowest BCUT2D eigenvalue weighted by atomic mass is 10.2. The zero-order valence-electron chi connectivity index (χ0n) is 17.5. The highest BCUT2D eigenvalue weighted by Crippen LogP contribution is 1.95. The first-order valence-electron chi connectivity index (χ1n) is 9.73. The van der Waals surface area contributed by atoms with E-state index < -0.39 is 23.6 Å². The van der Waals surface area contributed by atoms with E-state index in [1.165, 1.54) is 12.2 Å². The molecule has 0 radical (unpaired) electrons. The molecule has 0 aliphatic heterocycles. The minimum absolute atomic E-state index is 0.0430. The Labute approximate surface area is 180 Å². The smallest absolute Gasteiger partial charge is 0.252 e. The summed E-state index contributed by atoms with van der Waals surface area (Å²) < 4.78 is 0. The lowest BCUT2D eigenvalue weighted by Crippen LogP contribution is -2.39. The normalized spacial score (nSPS) is 10.1. The standard InChI is InChI=1S/C19H29N5O7/c1-2-5-19(31)24(14-26)10-4-7-16(28)23-12-17(29)20-8-3-6-15(27)22-13-18(30)21-9-11-25/h2,5,11,14H,3-4,6-10,12-13H2,1H3,(H,20,29)(H,21,30)(H,22,27)(H,23,28)/b5-2-. The molecular weight excluding hydrogens is 410 g/mol. The van der Waals surface area contributed by atoms with Gasteiger partial charge in [0.25, 0.3) is 5.91 Å². The molecule has 6 amide bonds. The molecule has 12 nitrogen and oxygen atoms in total. The van der Waals surface area contributed by atoms with Gasteiger partial charge in [-0.2, -0.15) is 0 Å². The second kappa shape index (κ2) is 17.3. The molecule has 0 heterocycles. The molecule has 0 rings (SSSR count). The molecule has 0 aromatic rings. The third-order valence-corrected chi connectivity index (χ3v) is 3.70. The molecule has 0 aliphatic rings. The summed E-state index contributed by atoms with van der Waals surface area (Å²) in [4.78, 5) is 79.6. The molecule has 0 saturated carbocycles. The summed E-state index contributed by atoms with van der Waals surface area (Å²) in [5.74, 6) is -2.15. The number of allylic oxidation sites excluding steroid dienone is 1. The number of amides is 6. The Bertz CT molecular complexity index is 679. The molecule has 0 spiro atoms. The second-order valence-corrected chi connectivity index (χ2v) is 6.22. The van der Waals surface area contributed by atoms with E-state index in [0.717, 1.165) is 4.90 Å². The molecular formula is C19H29N5O7. The van der Waals surface area contributed by atoms with E-state index in [0.29, 0.717) is 19.1 Å². The fourth-order valence-electron chi connectivity index (χ4n) is 2.15. The van der Waals surface area contributed by atoms with Crippen LogP contribution in [0.3, 0.4) is 0 Å². The van der Waals surface area contributed by atoms with Crippen molar-refractivity contribution in [3.05, 3.63) is 12.2 Å². The molecule has 0 saturated heterocycles. The molecule has 172 valence electrons. The summed E-state index contributed by atoms with van der Waals surface area (Å²) in [6.07, 6.45) is 4.41. The van der Waals surface area contributed by atoms with Crippen molar-refractivity contribution in [2.75, 3.05) is 32.7 Å². The van der Waals surface area contributed by atoms with Gasteiger partial charge < -0.3 is 26.1 Å². The van der Waals surface area contributed by atoms with Crippen LogP contribution in [0.5, 0.6) is 0 Å². The summed E-state index contributed by atoms with van der Waals surface area (Å²) in [5.41, 5.74) is 0. The average molecular weight is 439 g/mol. The van der Waals surface area contributed by atoms with Gasteiger partial charge >= 0.3 is 0 Å². The molecule has 31 heavy (non-hydrogen) atoms. The van der Waals surface area contributed by atoms with Crippen molar-refractivity contribution >= 4 is 42.2 Å². The van der Waals surface area contributed by atoms with Gasteiger partial charge in [-0.25, -0.2) is 0 Å². The predicted octanol–water partition coefficient (Wildman–Crippen LogP) is -2.23. The first-order valence-corrected chi connectivity index (χ1v) is 9.73. The van der Waals surface area contributed by atoms with E-state index in [1.54, 1.807) is 6.92 Å². The number of carbonyl (C=O) groups is 7. The maximum atomic E-state index is 11.7. The van der Waals surface area contributed by atoms with Crippen LogP contribution in [0.25, 0.3) is 0 Å². The molecule has 4 N–H and O–H groups in total. The maximum Gasteiger partial charge on any atom is 0.252 e. The number of carbonyl (C=O) groups excluding carboxylic acids is 7. The van der Waals surface area contributed by atoms with Crippen molar-refractivity contribution in [2.45, 2.75) is 32.6 Å². The van der Waals surface area contributed by atoms with E-state index >= 15 is 0 Å². The lowest BCUT2D eigenvalue weighted by Gasteiger charge is -2.13. The van der Waals surface area contributed by atoms with Crippen LogP contribution in [0.1, 0.15) is 32.6 Å². The van der Waals surface area contributed by atoms with Crippen LogP contribution < -0.4 is 21.3 Å². The van der Waals surface area contributed by atoms with Gasteiger partial charge in [-0.15, -0.1) is 0 Å². The second-order valence-electron chi connectivity index (χ2n) is 6.22. The molecule has 0 bridgehead atoms. The van der Waals surface area contributed by atoms with Crippen LogP contribution in [-0.4, -0.2) is 79.9 Å². The van der Waals surface area contributed by atoms with Crippen molar-refractivity contribution in [3.8, 4) is 0 Å². The zero-order chi connectivity index (χ0) is 23.5. The molecule has 0 aliphatic carbocycles. The maximum absolute atomic E-state index is 11.7. The highest BCUT2D eigenvalue weighted by atomic mass is 16.2. The van der Waals surface area contributed by atoms with Crippen LogP contribution in [0, 0.1) is 0 Å². The summed E-state index contributed by atoms with van der Waals surface area (Å²) in [7, 11) is 0. The number of aldehydes is 1. The minimum atomic E-state index is -0.479. The summed E-state index contributed by atoms with van der Waals surface area (Å²) in [6.45, 7) is 1.35. The van der Waals surface area contributed by atoms with Gasteiger partial charge in [0.2, 0.25) is 30.0 Å². The summed E-state index contributed by atoms with van der Waals surface area (Å²) in [6, 6.07) is 0. The van der Waals surface area contributed by atoms with Crippen molar-refractivity contribution in [2.24, 2.45) is 0 Å². The van der Waals surface area contributed by atoms with Crippen molar-refractivity contribution in [1.82, 2.24) is 26.2 Å². The highest BCUT2D eigenvalue weighted by molar-refractivity contribution is 5.94. The van der Waals surface area contributed by atoms with Crippen molar-refractivity contribution in [1.29, 1.82) is 0 Å².